The topological polar surface area (TPSA) is 75.3 Å². The van der Waals surface area contributed by atoms with Crippen LogP contribution in [0.1, 0.15) is 6.42 Å². The normalized spacial score (nSPS) is 11.2. The average molecular weight is 389 g/mol. The molecular formula is C15H14ClFN2O3S2. The van der Waals surface area contributed by atoms with Gasteiger partial charge >= 0.3 is 0 Å². The highest BCUT2D eigenvalue weighted by atomic mass is 35.5. The van der Waals surface area contributed by atoms with Crippen LogP contribution in [0.4, 0.5) is 4.39 Å². The van der Waals surface area contributed by atoms with E-state index < -0.39 is 15.9 Å². The van der Waals surface area contributed by atoms with Crippen LogP contribution in [-0.4, -0.2) is 20.1 Å². The quantitative estimate of drug-likeness (QED) is 0.564. The van der Waals surface area contributed by atoms with Gasteiger partial charge < -0.3 is 0 Å². The van der Waals surface area contributed by atoms with E-state index in [1.54, 1.807) is 18.2 Å². The maximum atomic E-state index is 12.8. The van der Waals surface area contributed by atoms with Crippen LogP contribution in [0.5, 0.6) is 0 Å². The first kappa shape index (κ1) is 18.7. The summed E-state index contributed by atoms with van der Waals surface area (Å²) in [5, 5.41) is 0.278. The van der Waals surface area contributed by atoms with Gasteiger partial charge in [-0.1, -0.05) is 17.7 Å². The van der Waals surface area contributed by atoms with Crippen molar-refractivity contribution in [3.8, 4) is 0 Å². The first-order valence-corrected chi connectivity index (χ1v) is 9.66. The van der Waals surface area contributed by atoms with Crippen molar-refractivity contribution in [2.75, 3.05) is 5.75 Å². The molecule has 0 aromatic heterocycles. The van der Waals surface area contributed by atoms with Crippen molar-refractivity contribution in [3.05, 3.63) is 59.4 Å². The Bertz CT molecular complexity index is 814. The van der Waals surface area contributed by atoms with Crippen LogP contribution in [-0.2, 0) is 14.8 Å². The standard InChI is InChI=1S/C15H14ClFN2O3S2/c16-11-2-1-3-14(10-11)24(21,22)19-18-15(20)8-9-23-13-6-4-12(17)5-7-13/h1-7,10,19H,8-9H2,(H,18,20). The van der Waals surface area contributed by atoms with Crippen molar-refractivity contribution in [1.29, 1.82) is 0 Å². The molecule has 128 valence electrons. The highest BCUT2D eigenvalue weighted by Gasteiger charge is 2.15. The minimum atomic E-state index is -3.87. The summed E-state index contributed by atoms with van der Waals surface area (Å²) in [6.07, 6.45) is 0.0973. The Morgan fingerprint density at radius 3 is 2.54 bits per heavy atom. The minimum Gasteiger partial charge on any atom is -0.278 e. The fourth-order valence-electron chi connectivity index (χ4n) is 1.67. The molecule has 1 amide bonds. The lowest BCUT2D eigenvalue weighted by molar-refractivity contribution is -0.121. The number of halogens is 2. The fraction of sp³-hybridized carbons (Fsp3) is 0.133. The largest absolute Gasteiger partial charge is 0.278 e. The van der Waals surface area contributed by atoms with Gasteiger partial charge in [-0.25, -0.2) is 12.8 Å². The molecule has 0 saturated carbocycles. The van der Waals surface area contributed by atoms with E-state index >= 15 is 0 Å². The van der Waals surface area contributed by atoms with E-state index in [2.05, 4.69) is 5.43 Å². The maximum absolute atomic E-state index is 12.8. The molecular weight excluding hydrogens is 375 g/mol. The van der Waals surface area contributed by atoms with Crippen molar-refractivity contribution in [3.63, 3.8) is 0 Å². The second-order valence-electron chi connectivity index (χ2n) is 4.66. The monoisotopic (exact) mass is 388 g/mol. The second kappa shape index (κ2) is 8.48. The van der Waals surface area contributed by atoms with Gasteiger partial charge in [-0.2, -0.15) is 0 Å². The summed E-state index contributed by atoms with van der Waals surface area (Å²) in [5.41, 5.74) is 2.14. The molecule has 9 heteroatoms. The molecule has 2 aromatic rings. The zero-order valence-corrected chi connectivity index (χ0v) is 14.7. The number of carbonyl (C=O) groups is 1. The van der Waals surface area contributed by atoms with Crippen LogP contribution >= 0.6 is 23.4 Å². The Morgan fingerprint density at radius 2 is 1.88 bits per heavy atom. The van der Waals surface area contributed by atoms with E-state index in [4.69, 9.17) is 11.6 Å². The summed E-state index contributed by atoms with van der Waals surface area (Å²) in [6, 6.07) is 11.6. The van der Waals surface area contributed by atoms with Gasteiger partial charge in [0.15, 0.2) is 0 Å². The number of amides is 1. The van der Waals surface area contributed by atoms with Gasteiger partial charge in [-0.05, 0) is 42.5 Å². The van der Waals surface area contributed by atoms with Gasteiger partial charge in [0.25, 0.3) is 10.0 Å². The SMILES string of the molecule is O=C(CCSc1ccc(F)cc1)NNS(=O)(=O)c1cccc(Cl)c1. The molecule has 0 saturated heterocycles. The third-order valence-electron chi connectivity index (χ3n) is 2.84. The van der Waals surface area contributed by atoms with Crippen LogP contribution in [0.3, 0.4) is 0 Å². The number of hydrogen-bond donors (Lipinski definition) is 2. The third-order valence-corrected chi connectivity index (χ3v) is 5.34. The lowest BCUT2D eigenvalue weighted by Gasteiger charge is -2.08. The number of hydrazine groups is 1. The zero-order chi connectivity index (χ0) is 17.6. The first-order chi connectivity index (χ1) is 11.4. The van der Waals surface area contributed by atoms with Crippen LogP contribution in [0.2, 0.25) is 5.02 Å². The molecule has 0 aliphatic rings. The van der Waals surface area contributed by atoms with E-state index in [-0.39, 0.29) is 22.2 Å². The molecule has 0 radical (unpaired) electrons. The first-order valence-electron chi connectivity index (χ1n) is 6.81. The molecule has 0 aliphatic carbocycles. The molecule has 24 heavy (non-hydrogen) atoms. The van der Waals surface area contributed by atoms with Crippen LogP contribution < -0.4 is 10.3 Å². The summed E-state index contributed by atoms with van der Waals surface area (Å²) in [6.45, 7) is 0. The van der Waals surface area contributed by atoms with Gasteiger partial charge in [0.1, 0.15) is 5.82 Å². The van der Waals surface area contributed by atoms with Crippen LogP contribution in [0.15, 0.2) is 58.3 Å². The van der Waals surface area contributed by atoms with Gasteiger partial charge in [0, 0.05) is 22.1 Å². The zero-order valence-electron chi connectivity index (χ0n) is 12.3. The van der Waals surface area contributed by atoms with E-state index in [9.17, 15) is 17.6 Å². The van der Waals surface area contributed by atoms with Gasteiger partial charge in [-0.3, -0.25) is 10.2 Å². The third kappa shape index (κ3) is 5.79. The Hall–Kier alpha value is -1.61. The number of nitrogens with one attached hydrogen (secondary N) is 2. The predicted octanol–water partition coefficient (Wildman–Crippen LogP) is 2.97. The van der Waals surface area contributed by atoms with Crippen molar-refractivity contribution < 1.29 is 17.6 Å². The molecule has 0 spiro atoms. The highest BCUT2D eigenvalue weighted by molar-refractivity contribution is 7.99. The van der Waals surface area contributed by atoms with Crippen molar-refractivity contribution in [2.24, 2.45) is 0 Å². The fourth-order valence-corrected chi connectivity index (χ4v) is 3.68. The molecule has 0 bridgehead atoms. The van der Waals surface area contributed by atoms with Crippen LogP contribution in [0, 0.1) is 5.82 Å². The molecule has 5 nitrogen and oxygen atoms in total. The van der Waals surface area contributed by atoms with Crippen molar-refractivity contribution in [1.82, 2.24) is 10.3 Å². The molecule has 2 aromatic carbocycles. The number of carbonyl (C=O) groups excluding carboxylic acids is 1. The molecule has 0 heterocycles. The number of thioether (sulfide) groups is 1. The Balaban J connectivity index is 1.79. The minimum absolute atomic E-state index is 0.0454. The molecule has 0 aliphatic heterocycles. The van der Waals surface area contributed by atoms with E-state index in [1.165, 1.54) is 42.1 Å². The van der Waals surface area contributed by atoms with Gasteiger partial charge in [-0.15, -0.1) is 16.6 Å². The Kier molecular flexibility index (Phi) is 6.61. The van der Waals surface area contributed by atoms with E-state index in [1.807, 2.05) is 4.83 Å². The average Bonchev–Trinajstić information content (AvgIpc) is 2.55. The molecule has 2 N–H and O–H groups in total. The summed E-state index contributed by atoms with van der Waals surface area (Å²) in [4.78, 5) is 14.5. The smallest absolute Gasteiger partial charge is 0.257 e. The van der Waals surface area contributed by atoms with Crippen LogP contribution in [0.25, 0.3) is 0 Å². The summed E-state index contributed by atoms with van der Waals surface area (Å²) in [5.74, 6) is -0.376. The summed E-state index contributed by atoms with van der Waals surface area (Å²) >= 11 is 7.11. The van der Waals surface area contributed by atoms with E-state index in [0.717, 1.165) is 4.90 Å². The Labute approximate surface area is 148 Å². The number of rotatable bonds is 7. The summed E-state index contributed by atoms with van der Waals surface area (Å²) < 4.78 is 36.7. The molecule has 2 rings (SSSR count). The molecule has 0 fully saturated rings. The number of benzene rings is 2. The van der Waals surface area contributed by atoms with E-state index in [0.29, 0.717) is 5.75 Å². The molecule has 0 unspecified atom stereocenters. The van der Waals surface area contributed by atoms with Gasteiger partial charge in [0.05, 0.1) is 4.90 Å². The lowest BCUT2D eigenvalue weighted by atomic mass is 10.4. The Morgan fingerprint density at radius 1 is 1.17 bits per heavy atom. The van der Waals surface area contributed by atoms with Crippen molar-refractivity contribution >= 4 is 39.3 Å². The maximum Gasteiger partial charge on any atom is 0.257 e. The highest BCUT2D eigenvalue weighted by Crippen LogP contribution is 2.18. The number of sulfonamides is 1. The number of hydrogen-bond acceptors (Lipinski definition) is 4. The summed E-state index contributed by atoms with van der Waals surface area (Å²) in [7, 11) is -3.87. The lowest BCUT2D eigenvalue weighted by Crippen LogP contribution is -2.41. The molecule has 0 atom stereocenters. The predicted molar refractivity (Wildman–Crippen MR) is 91.7 cm³/mol. The van der Waals surface area contributed by atoms with Crippen molar-refractivity contribution in [2.45, 2.75) is 16.2 Å². The second-order valence-corrected chi connectivity index (χ2v) is 7.95. The van der Waals surface area contributed by atoms with Gasteiger partial charge in [0.2, 0.25) is 5.91 Å².